The van der Waals surface area contributed by atoms with Crippen LogP contribution in [0, 0.1) is 0 Å². The highest BCUT2D eigenvalue weighted by Crippen LogP contribution is 2.30. The van der Waals surface area contributed by atoms with Gasteiger partial charge in [0.25, 0.3) is 0 Å². The van der Waals surface area contributed by atoms with Gasteiger partial charge in [0.1, 0.15) is 0 Å². The number of hydrogen-bond donors (Lipinski definition) is 1. The van der Waals surface area contributed by atoms with Gasteiger partial charge in [0.05, 0.1) is 27.9 Å². The van der Waals surface area contributed by atoms with Crippen molar-refractivity contribution in [1.29, 1.82) is 0 Å². The minimum absolute atomic E-state index is 0.144. The zero-order valence-corrected chi connectivity index (χ0v) is 12.3. The molecule has 1 atom stereocenters. The van der Waals surface area contributed by atoms with Gasteiger partial charge in [0, 0.05) is 17.6 Å². The third kappa shape index (κ3) is 2.59. The zero-order valence-electron chi connectivity index (χ0n) is 9.85. The SMILES string of the molecule is CCCn1ncc(Br)c1C(NC)c1cncs1. The molecule has 0 radical (unpaired) electrons. The lowest BCUT2D eigenvalue weighted by Crippen LogP contribution is -2.21. The van der Waals surface area contributed by atoms with Gasteiger partial charge in [0.15, 0.2) is 0 Å². The smallest absolute Gasteiger partial charge is 0.0867 e. The first kappa shape index (κ1) is 12.7. The van der Waals surface area contributed by atoms with Crippen LogP contribution in [0.4, 0.5) is 0 Å². The lowest BCUT2D eigenvalue weighted by atomic mass is 10.2. The van der Waals surface area contributed by atoms with Crippen molar-refractivity contribution in [2.75, 3.05) is 7.05 Å². The van der Waals surface area contributed by atoms with E-state index in [0.717, 1.165) is 17.4 Å². The van der Waals surface area contributed by atoms with Crippen LogP contribution in [-0.4, -0.2) is 21.8 Å². The lowest BCUT2D eigenvalue weighted by Gasteiger charge is -2.16. The molecule has 17 heavy (non-hydrogen) atoms. The molecule has 2 rings (SSSR count). The van der Waals surface area contributed by atoms with Crippen LogP contribution >= 0.6 is 27.3 Å². The van der Waals surface area contributed by atoms with Crippen molar-refractivity contribution in [3.63, 3.8) is 0 Å². The monoisotopic (exact) mass is 314 g/mol. The molecule has 6 heteroatoms. The first-order valence-corrected chi connectivity index (χ1v) is 7.22. The van der Waals surface area contributed by atoms with Crippen molar-refractivity contribution in [2.45, 2.75) is 25.9 Å². The van der Waals surface area contributed by atoms with E-state index in [-0.39, 0.29) is 6.04 Å². The third-order valence-corrected chi connectivity index (χ3v) is 4.02. The topological polar surface area (TPSA) is 42.7 Å². The molecule has 1 N–H and O–H groups in total. The van der Waals surface area contributed by atoms with Gasteiger partial charge in [-0.3, -0.25) is 9.67 Å². The standard InChI is InChI=1S/C11H15BrN4S/c1-3-4-16-11(8(12)5-15-16)10(13-2)9-6-14-7-17-9/h5-7,10,13H,3-4H2,1-2H3. The average Bonchev–Trinajstić information content (AvgIpc) is 2.94. The largest absolute Gasteiger partial charge is 0.307 e. The Labute approximate surface area is 113 Å². The minimum atomic E-state index is 0.144. The molecule has 2 aromatic rings. The number of aromatic nitrogens is 3. The van der Waals surface area contributed by atoms with E-state index in [2.05, 4.69) is 38.3 Å². The van der Waals surface area contributed by atoms with Crippen LogP contribution < -0.4 is 5.32 Å². The second-order valence-electron chi connectivity index (χ2n) is 3.73. The Balaban J connectivity index is 2.39. The van der Waals surface area contributed by atoms with Gasteiger partial charge in [-0.15, -0.1) is 11.3 Å². The molecule has 0 amide bonds. The first-order chi connectivity index (χ1) is 8.27. The van der Waals surface area contributed by atoms with Gasteiger partial charge >= 0.3 is 0 Å². The predicted molar refractivity (Wildman–Crippen MR) is 73.2 cm³/mol. The molecule has 4 nitrogen and oxygen atoms in total. The molecular weight excluding hydrogens is 300 g/mol. The molecule has 0 aliphatic heterocycles. The number of thiazole rings is 1. The summed E-state index contributed by atoms with van der Waals surface area (Å²) in [6.45, 7) is 3.08. The second-order valence-corrected chi connectivity index (χ2v) is 5.50. The van der Waals surface area contributed by atoms with Crippen LogP contribution in [-0.2, 0) is 6.54 Å². The maximum Gasteiger partial charge on any atom is 0.0867 e. The van der Waals surface area contributed by atoms with Gasteiger partial charge in [-0.25, -0.2) is 0 Å². The van der Waals surface area contributed by atoms with Crippen molar-refractivity contribution >= 4 is 27.3 Å². The van der Waals surface area contributed by atoms with Crippen molar-refractivity contribution in [2.24, 2.45) is 0 Å². The summed E-state index contributed by atoms with van der Waals surface area (Å²) in [5.74, 6) is 0. The lowest BCUT2D eigenvalue weighted by molar-refractivity contribution is 0.536. The maximum atomic E-state index is 4.40. The quantitative estimate of drug-likeness (QED) is 0.922. The predicted octanol–water partition coefficient (Wildman–Crippen LogP) is 2.82. The summed E-state index contributed by atoms with van der Waals surface area (Å²) in [5, 5.41) is 7.72. The van der Waals surface area contributed by atoms with Crippen LogP contribution in [0.1, 0.15) is 30.0 Å². The molecule has 1 unspecified atom stereocenters. The molecule has 0 fully saturated rings. The van der Waals surface area contributed by atoms with Crippen molar-refractivity contribution in [3.8, 4) is 0 Å². The molecule has 0 saturated carbocycles. The molecule has 0 saturated heterocycles. The van der Waals surface area contributed by atoms with Gasteiger partial charge in [-0.1, -0.05) is 6.92 Å². The van der Waals surface area contributed by atoms with Gasteiger partial charge in [-0.2, -0.15) is 5.10 Å². The summed E-state index contributed by atoms with van der Waals surface area (Å²) >= 11 is 5.23. The number of halogens is 1. The fourth-order valence-corrected chi connectivity index (χ4v) is 3.09. The number of rotatable bonds is 5. The Morgan fingerprint density at radius 3 is 2.94 bits per heavy atom. The molecule has 92 valence electrons. The second kappa shape index (κ2) is 5.75. The molecule has 0 aliphatic rings. The van der Waals surface area contributed by atoms with Crippen LogP contribution in [0.5, 0.6) is 0 Å². The Kier molecular flexibility index (Phi) is 4.31. The van der Waals surface area contributed by atoms with E-state index in [0.29, 0.717) is 0 Å². The van der Waals surface area contributed by atoms with E-state index >= 15 is 0 Å². The molecule has 2 aromatic heterocycles. The Morgan fingerprint density at radius 1 is 1.53 bits per heavy atom. The molecular formula is C11H15BrN4S. The van der Waals surface area contributed by atoms with Crippen molar-refractivity contribution in [3.05, 3.63) is 32.9 Å². The summed E-state index contributed by atoms with van der Waals surface area (Å²) in [7, 11) is 1.96. The third-order valence-electron chi connectivity index (χ3n) is 2.57. The Morgan fingerprint density at radius 2 is 2.35 bits per heavy atom. The van der Waals surface area contributed by atoms with E-state index in [1.165, 1.54) is 10.6 Å². The minimum Gasteiger partial charge on any atom is -0.307 e. The number of aryl methyl sites for hydroxylation is 1. The zero-order chi connectivity index (χ0) is 12.3. The van der Waals surface area contributed by atoms with E-state index in [1.54, 1.807) is 11.3 Å². The summed E-state index contributed by atoms with van der Waals surface area (Å²) in [6, 6.07) is 0.144. The van der Waals surface area contributed by atoms with E-state index in [1.807, 2.05) is 29.6 Å². The highest BCUT2D eigenvalue weighted by atomic mass is 79.9. The average molecular weight is 315 g/mol. The van der Waals surface area contributed by atoms with E-state index in [9.17, 15) is 0 Å². The van der Waals surface area contributed by atoms with Crippen LogP contribution in [0.3, 0.4) is 0 Å². The highest BCUT2D eigenvalue weighted by molar-refractivity contribution is 9.10. The van der Waals surface area contributed by atoms with Crippen LogP contribution in [0.2, 0.25) is 0 Å². The Hall–Kier alpha value is -0.720. The maximum absolute atomic E-state index is 4.40. The van der Waals surface area contributed by atoms with E-state index < -0.39 is 0 Å². The van der Waals surface area contributed by atoms with Crippen molar-refractivity contribution < 1.29 is 0 Å². The Bertz CT molecular complexity index is 466. The number of nitrogens with zero attached hydrogens (tertiary/aromatic N) is 3. The summed E-state index contributed by atoms with van der Waals surface area (Å²) < 4.78 is 3.09. The van der Waals surface area contributed by atoms with E-state index in [4.69, 9.17) is 0 Å². The summed E-state index contributed by atoms with van der Waals surface area (Å²) in [5.41, 5.74) is 3.02. The number of nitrogens with one attached hydrogen (secondary N) is 1. The molecule has 0 aliphatic carbocycles. The van der Waals surface area contributed by atoms with Gasteiger partial charge < -0.3 is 5.32 Å². The van der Waals surface area contributed by atoms with Crippen molar-refractivity contribution in [1.82, 2.24) is 20.1 Å². The molecule has 0 bridgehead atoms. The normalized spacial score (nSPS) is 12.9. The highest BCUT2D eigenvalue weighted by Gasteiger charge is 2.21. The fraction of sp³-hybridized carbons (Fsp3) is 0.455. The fourth-order valence-electron chi connectivity index (χ4n) is 1.83. The number of hydrogen-bond acceptors (Lipinski definition) is 4. The molecule has 2 heterocycles. The molecule has 0 spiro atoms. The van der Waals surface area contributed by atoms with Crippen LogP contribution in [0.25, 0.3) is 0 Å². The van der Waals surface area contributed by atoms with Gasteiger partial charge in [-0.05, 0) is 29.4 Å². The van der Waals surface area contributed by atoms with Gasteiger partial charge in [0.2, 0.25) is 0 Å². The first-order valence-electron chi connectivity index (χ1n) is 5.54. The summed E-state index contributed by atoms with van der Waals surface area (Å²) in [6.07, 6.45) is 4.83. The molecule has 0 aromatic carbocycles. The summed E-state index contributed by atoms with van der Waals surface area (Å²) in [4.78, 5) is 5.34. The van der Waals surface area contributed by atoms with Crippen LogP contribution in [0.15, 0.2) is 22.4 Å².